The lowest BCUT2D eigenvalue weighted by atomic mass is 9.87. The number of nitrogens with one attached hydrogen (secondary N) is 1. The minimum atomic E-state index is -0.273. The molecule has 2 aliphatic heterocycles. The maximum atomic E-state index is 12.7. The number of rotatable bonds is 1. The number of ether oxygens (including phenoxy) is 1. The average molecular weight is 246 g/mol. The Labute approximate surface area is 107 Å². The molecule has 0 saturated carbocycles. The third-order valence-electron chi connectivity index (χ3n) is 3.86. The Morgan fingerprint density at radius 1 is 1.44 bits per heavy atom. The Hall–Kier alpha value is -1.55. The van der Waals surface area contributed by atoms with E-state index < -0.39 is 0 Å². The highest BCUT2D eigenvalue weighted by molar-refractivity contribution is 5.99. The van der Waals surface area contributed by atoms with Crippen LogP contribution in [-0.2, 0) is 4.79 Å². The number of anilines is 1. The van der Waals surface area contributed by atoms with Crippen LogP contribution in [0.5, 0.6) is 5.75 Å². The van der Waals surface area contributed by atoms with Crippen LogP contribution in [0.15, 0.2) is 24.3 Å². The van der Waals surface area contributed by atoms with Crippen LogP contribution in [-0.4, -0.2) is 32.1 Å². The molecule has 1 N–H and O–H groups in total. The Balaban J connectivity index is 1.92. The van der Waals surface area contributed by atoms with Gasteiger partial charge in [0.15, 0.2) is 0 Å². The first-order valence-electron chi connectivity index (χ1n) is 6.45. The van der Waals surface area contributed by atoms with Crippen LogP contribution in [0.1, 0.15) is 13.3 Å². The fraction of sp³-hybridized carbons (Fsp3) is 0.500. The lowest BCUT2D eigenvalue weighted by molar-refractivity contribution is -0.126. The van der Waals surface area contributed by atoms with Gasteiger partial charge in [-0.3, -0.25) is 4.79 Å². The van der Waals surface area contributed by atoms with Crippen molar-refractivity contribution in [3.63, 3.8) is 0 Å². The van der Waals surface area contributed by atoms with Crippen LogP contribution in [0.4, 0.5) is 5.69 Å². The summed E-state index contributed by atoms with van der Waals surface area (Å²) in [6.45, 7) is 4.96. The summed E-state index contributed by atoms with van der Waals surface area (Å²) in [4.78, 5) is 14.6. The second-order valence-electron chi connectivity index (χ2n) is 5.26. The van der Waals surface area contributed by atoms with E-state index >= 15 is 0 Å². The Kier molecular flexibility index (Phi) is 2.74. The number of benzene rings is 1. The summed E-state index contributed by atoms with van der Waals surface area (Å²) in [5, 5.41) is 3.28. The maximum absolute atomic E-state index is 12.7. The summed E-state index contributed by atoms with van der Waals surface area (Å²) in [7, 11) is 0. The van der Waals surface area contributed by atoms with Crippen molar-refractivity contribution in [2.24, 2.45) is 5.41 Å². The van der Waals surface area contributed by atoms with Gasteiger partial charge < -0.3 is 15.0 Å². The van der Waals surface area contributed by atoms with Crippen molar-refractivity contribution >= 4 is 11.6 Å². The zero-order valence-electron chi connectivity index (χ0n) is 10.6. The van der Waals surface area contributed by atoms with Crippen LogP contribution in [0, 0.1) is 5.41 Å². The Morgan fingerprint density at radius 3 is 3.06 bits per heavy atom. The molecule has 1 atom stereocenters. The molecule has 0 spiro atoms. The van der Waals surface area contributed by atoms with Gasteiger partial charge in [-0.2, -0.15) is 0 Å². The first-order chi connectivity index (χ1) is 8.71. The van der Waals surface area contributed by atoms with Crippen LogP contribution >= 0.6 is 0 Å². The van der Waals surface area contributed by atoms with E-state index in [0.29, 0.717) is 13.2 Å². The van der Waals surface area contributed by atoms with Crippen molar-refractivity contribution in [2.45, 2.75) is 13.3 Å². The van der Waals surface area contributed by atoms with Crippen molar-refractivity contribution in [2.75, 3.05) is 31.1 Å². The van der Waals surface area contributed by atoms with Gasteiger partial charge in [-0.25, -0.2) is 0 Å². The number of amides is 1. The molecule has 96 valence electrons. The molecule has 18 heavy (non-hydrogen) atoms. The zero-order chi connectivity index (χ0) is 12.6. The van der Waals surface area contributed by atoms with E-state index in [-0.39, 0.29) is 11.3 Å². The summed E-state index contributed by atoms with van der Waals surface area (Å²) in [5.41, 5.74) is 0.631. The largest absolute Gasteiger partial charge is 0.490 e. The highest BCUT2D eigenvalue weighted by Crippen LogP contribution is 2.35. The molecular formula is C14H18N2O2. The highest BCUT2D eigenvalue weighted by Gasteiger charge is 2.40. The summed E-state index contributed by atoms with van der Waals surface area (Å²) < 4.78 is 5.59. The van der Waals surface area contributed by atoms with Gasteiger partial charge in [0, 0.05) is 6.54 Å². The molecule has 1 unspecified atom stereocenters. The topological polar surface area (TPSA) is 41.6 Å². The normalized spacial score (nSPS) is 26.6. The smallest absolute Gasteiger partial charge is 0.234 e. The van der Waals surface area contributed by atoms with Crippen molar-refractivity contribution < 1.29 is 9.53 Å². The molecule has 1 fully saturated rings. The minimum absolute atomic E-state index is 0.211. The summed E-state index contributed by atoms with van der Waals surface area (Å²) >= 11 is 0. The van der Waals surface area contributed by atoms with Crippen molar-refractivity contribution in [1.82, 2.24) is 5.32 Å². The van der Waals surface area contributed by atoms with Gasteiger partial charge in [0.1, 0.15) is 12.4 Å². The predicted molar refractivity (Wildman–Crippen MR) is 69.9 cm³/mol. The SMILES string of the molecule is CC1(C(=O)N2CCOc3ccccc32)CCNC1. The van der Waals surface area contributed by atoms with Gasteiger partial charge in [-0.1, -0.05) is 12.1 Å². The minimum Gasteiger partial charge on any atom is -0.490 e. The highest BCUT2D eigenvalue weighted by atomic mass is 16.5. The van der Waals surface area contributed by atoms with E-state index in [9.17, 15) is 4.79 Å². The van der Waals surface area contributed by atoms with Crippen LogP contribution < -0.4 is 15.0 Å². The predicted octanol–water partition coefficient (Wildman–Crippen LogP) is 1.41. The van der Waals surface area contributed by atoms with Gasteiger partial charge in [0.05, 0.1) is 17.6 Å². The van der Waals surface area contributed by atoms with Gasteiger partial charge in [0.25, 0.3) is 0 Å². The standard InChI is InChI=1S/C14H18N2O2/c1-14(6-7-15-10-14)13(17)16-8-9-18-12-5-3-2-4-11(12)16/h2-5,15H,6-10H2,1H3. The van der Waals surface area contributed by atoms with E-state index in [1.54, 1.807) is 0 Å². The molecule has 2 aliphatic rings. The van der Waals surface area contributed by atoms with Crippen molar-refractivity contribution in [1.29, 1.82) is 0 Å². The van der Waals surface area contributed by atoms with Gasteiger partial charge in [-0.05, 0) is 32.0 Å². The first-order valence-corrected chi connectivity index (χ1v) is 6.45. The third-order valence-corrected chi connectivity index (χ3v) is 3.86. The van der Waals surface area contributed by atoms with Crippen molar-refractivity contribution in [3.8, 4) is 5.75 Å². The van der Waals surface area contributed by atoms with E-state index in [0.717, 1.165) is 30.9 Å². The van der Waals surface area contributed by atoms with Crippen LogP contribution in [0.2, 0.25) is 0 Å². The molecular weight excluding hydrogens is 228 g/mol. The fourth-order valence-corrected chi connectivity index (χ4v) is 2.71. The number of fused-ring (bicyclic) bond motifs is 1. The molecule has 4 nitrogen and oxygen atoms in total. The molecule has 0 radical (unpaired) electrons. The third kappa shape index (κ3) is 1.77. The first kappa shape index (κ1) is 11.5. The molecule has 1 saturated heterocycles. The number of nitrogens with zero attached hydrogens (tertiary/aromatic N) is 1. The fourth-order valence-electron chi connectivity index (χ4n) is 2.71. The second kappa shape index (κ2) is 4.28. The Morgan fingerprint density at radius 2 is 2.28 bits per heavy atom. The molecule has 1 aromatic rings. The lowest BCUT2D eigenvalue weighted by Crippen LogP contribution is -2.47. The monoisotopic (exact) mass is 246 g/mol. The molecule has 0 bridgehead atoms. The van der Waals surface area contributed by atoms with Gasteiger partial charge in [-0.15, -0.1) is 0 Å². The number of hydrogen-bond acceptors (Lipinski definition) is 3. The van der Waals surface area contributed by atoms with E-state index in [2.05, 4.69) is 5.32 Å². The molecule has 2 heterocycles. The summed E-state index contributed by atoms with van der Waals surface area (Å²) in [6, 6.07) is 7.76. The van der Waals surface area contributed by atoms with Crippen LogP contribution in [0.25, 0.3) is 0 Å². The molecule has 1 aromatic carbocycles. The molecule has 3 rings (SSSR count). The average Bonchev–Trinajstić information content (AvgIpc) is 2.85. The van der Waals surface area contributed by atoms with E-state index in [1.165, 1.54) is 0 Å². The molecule has 4 heteroatoms. The summed E-state index contributed by atoms with van der Waals surface area (Å²) in [6.07, 6.45) is 0.908. The van der Waals surface area contributed by atoms with E-state index in [1.807, 2.05) is 36.1 Å². The molecule has 1 amide bonds. The molecule has 0 aromatic heterocycles. The quantitative estimate of drug-likeness (QED) is 0.814. The number of para-hydroxylation sites is 2. The van der Waals surface area contributed by atoms with Crippen molar-refractivity contribution in [3.05, 3.63) is 24.3 Å². The zero-order valence-corrected chi connectivity index (χ0v) is 10.6. The summed E-state index contributed by atoms with van der Waals surface area (Å²) in [5.74, 6) is 1.02. The number of carbonyl (C=O) groups excluding carboxylic acids is 1. The lowest BCUT2D eigenvalue weighted by Gasteiger charge is -2.35. The van der Waals surface area contributed by atoms with Gasteiger partial charge >= 0.3 is 0 Å². The number of hydrogen-bond donors (Lipinski definition) is 1. The molecule has 0 aliphatic carbocycles. The van der Waals surface area contributed by atoms with Gasteiger partial charge in [0.2, 0.25) is 5.91 Å². The Bertz CT molecular complexity index is 467. The van der Waals surface area contributed by atoms with E-state index in [4.69, 9.17) is 4.74 Å². The second-order valence-corrected chi connectivity index (χ2v) is 5.26. The number of carbonyl (C=O) groups is 1. The maximum Gasteiger partial charge on any atom is 0.234 e. The van der Waals surface area contributed by atoms with Crippen LogP contribution in [0.3, 0.4) is 0 Å².